The minimum atomic E-state index is -1.47. The first kappa shape index (κ1) is 100. The number of hydrogen-bond acceptors (Lipinski definition) is 26. The number of nitrogens with zero attached hydrogens (tertiary/aromatic N) is 10. The summed E-state index contributed by atoms with van der Waals surface area (Å²) in [7, 11) is 6.05. The fourth-order valence-corrected chi connectivity index (χ4v) is 25.4. The number of carbonyl (C=O) groups is 4. The smallest absolute Gasteiger partial charge is 0.537 e. The molecule has 8 atom stereocenters. The lowest BCUT2D eigenvalue weighted by atomic mass is 9.80. The van der Waals surface area contributed by atoms with Gasteiger partial charge in [-0.15, -0.1) is 68.0 Å². The predicted octanol–water partition coefficient (Wildman–Crippen LogP) is 20.5. The molecule has 4 amide bonds. The van der Waals surface area contributed by atoms with Crippen molar-refractivity contribution in [1.82, 2.24) is 101 Å². The first-order valence-electron chi connectivity index (χ1n) is 49.1. The van der Waals surface area contributed by atoms with Gasteiger partial charge in [0, 0.05) is 42.4 Å². The molecule has 38 heteroatoms. The average Bonchev–Trinajstić information content (AvgIpc) is 1.65. The Hall–Kier alpha value is -12.5. The van der Waals surface area contributed by atoms with E-state index in [0.717, 1.165) is 164 Å². The van der Waals surface area contributed by atoms with Crippen molar-refractivity contribution in [2.45, 2.75) is 153 Å². The maximum atomic E-state index is 13.6. The van der Waals surface area contributed by atoms with Crippen LogP contribution in [-0.2, 0) is 19.1 Å². The number of H-pyrrole nitrogens is 6. The van der Waals surface area contributed by atoms with E-state index in [1.165, 1.54) is 138 Å². The average molecular weight is 2050 g/mol. The third kappa shape index (κ3) is 23.1. The van der Waals surface area contributed by atoms with Crippen LogP contribution in [0.25, 0.3) is 126 Å². The highest BCUT2D eigenvalue weighted by atomic mass is 32.1. The van der Waals surface area contributed by atoms with Crippen LogP contribution >= 0.6 is 68.0 Å². The van der Waals surface area contributed by atoms with Gasteiger partial charge in [0.2, 0.25) is 11.8 Å². The molecule has 0 unspecified atom stereocenters. The summed E-state index contributed by atoms with van der Waals surface area (Å²) < 4.78 is 14.1. The first-order valence-corrected chi connectivity index (χ1v) is 54.0. The zero-order chi connectivity index (χ0) is 99.6. The zero-order valence-electron chi connectivity index (χ0n) is 81.4. The van der Waals surface area contributed by atoms with Crippen molar-refractivity contribution in [2.24, 2.45) is 11.8 Å². The maximum absolute atomic E-state index is 13.6. The van der Waals surface area contributed by atoms with Gasteiger partial charge in [0.25, 0.3) is 0 Å². The zero-order valence-corrected chi connectivity index (χ0v) is 86.3. The number of aromatic amines is 6. The molecule has 16 aromatic rings. The second kappa shape index (κ2) is 45.8. The van der Waals surface area contributed by atoms with Crippen LogP contribution in [0.5, 0.6) is 5.75 Å². The maximum Gasteiger partial charge on any atom is 0.569 e. The number of benzene rings is 4. The molecule has 6 aliphatic rings. The van der Waals surface area contributed by atoms with E-state index in [9.17, 15) is 19.2 Å². The fraction of sp³-hybridized carbons (Fsp3) is 0.340. The van der Waals surface area contributed by atoms with Crippen LogP contribution in [0.15, 0.2) is 207 Å². The van der Waals surface area contributed by atoms with Crippen LogP contribution in [0.4, 0.5) is 9.59 Å². The summed E-state index contributed by atoms with van der Waals surface area (Å²) in [6.07, 6.45) is 23.2. The highest BCUT2D eigenvalue weighted by Crippen LogP contribution is 2.46. The minimum absolute atomic E-state index is 0.101. The molecule has 18 heterocycles. The molecule has 1 radical (unpaired) electrons. The lowest BCUT2D eigenvalue weighted by Gasteiger charge is -2.30. The Morgan fingerprint density at radius 3 is 0.875 bits per heavy atom. The van der Waals surface area contributed by atoms with E-state index in [4.69, 9.17) is 44.5 Å². The summed E-state index contributed by atoms with van der Waals surface area (Å²) in [6, 6.07) is 58.3. The van der Waals surface area contributed by atoms with Gasteiger partial charge in [0.05, 0.1) is 157 Å². The largest absolute Gasteiger partial charge is 0.569 e. The fourth-order valence-electron chi connectivity index (χ4n) is 19.5. The van der Waals surface area contributed by atoms with E-state index in [2.05, 4.69) is 235 Å². The molecule has 144 heavy (non-hydrogen) atoms. The molecule has 30 nitrogen and oxygen atoms in total. The quantitative estimate of drug-likeness (QED) is 0.0213. The number of imidazole rings is 6. The van der Waals surface area contributed by atoms with Gasteiger partial charge in [0.1, 0.15) is 47.0 Å². The summed E-state index contributed by atoms with van der Waals surface area (Å²) in [4.78, 5) is 123. The number of thiophene rings is 6. The SMILES string of the molecule is CN1CCC[C@@H]1c1ncc(-c2ccc(-c3ccc(-c4ccc(-c5cnc([C@H]6CCCN6C)[nH]5)s4)cc3)s2)[nH]1.COC(=O)N[C@H](C(=O)N1CCC[C@H]1c1ncc(-c2ccc(-c3ccc(-c4ccc(-c5cnc([C@@H]6CCCN6C(=O)[C@@H](NC(=O)OC)C(C)C)[nH]5)s4)cc3)s2)[nH]1)C(C)C.O[B]Oc1ccc(B(O)O)cc1.c1cc(-c2ccc(-c3cnc([C@H]4CCCN4)[nH]3)s2)ccc1-c1ccc(-c2cnc([C@H]3CCCN3)[nH]2)s1. The lowest BCUT2D eigenvalue weighted by Crippen LogP contribution is -2.51. The summed E-state index contributed by atoms with van der Waals surface area (Å²) >= 11 is 10.6. The number of methoxy groups -OCH3 is 2. The number of likely N-dealkylation sites (tertiary alicyclic amines) is 4. The van der Waals surface area contributed by atoms with Gasteiger partial charge in [-0.05, 0) is 253 Å². The Kier molecular flexibility index (Phi) is 31.9. The highest BCUT2D eigenvalue weighted by Gasteiger charge is 2.41. The van der Waals surface area contributed by atoms with Crippen molar-refractivity contribution in [3.63, 3.8) is 0 Å². The molecule has 4 aromatic carbocycles. The number of nitrogens with one attached hydrogen (secondary N) is 10. The van der Waals surface area contributed by atoms with Crippen LogP contribution in [0.3, 0.4) is 0 Å². The van der Waals surface area contributed by atoms with E-state index >= 15 is 0 Å². The minimum Gasteiger partial charge on any atom is -0.537 e. The third-order valence-corrected chi connectivity index (χ3v) is 34.5. The predicted molar refractivity (Wildman–Crippen MR) is 574 cm³/mol. The molecule has 0 saturated carbocycles. The number of amides is 4. The van der Waals surface area contributed by atoms with E-state index in [0.29, 0.717) is 56.2 Å². The Bertz CT molecular complexity index is 6610. The molecule has 6 saturated heterocycles. The lowest BCUT2D eigenvalue weighted by molar-refractivity contribution is -0.136. The van der Waals surface area contributed by atoms with Crippen LogP contribution < -0.4 is 31.4 Å². The summed E-state index contributed by atoms with van der Waals surface area (Å²) in [5, 5.41) is 38.1. The van der Waals surface area contributed by atoms with Gasteiger partial charge in [0.15, 0.2) is 0 Å². The van der Waals surface area contributed by atoms with Gasteiger partial charge < -0.3 is 90.2 Å². The Labute approximate surface area is 861 Å². The molecule has 6 fully saturated rings. The molecule has 13 N–H and O–H groups in total. The summed E-state index contributed by atoms with van der Waals surface area (Å²) in [5.74, 6) is 5.73. The van der Waals surface area contributed by atoms with Gasteiger partial charge in [-0.3, -0.25) is 19.4 Å². The monoisotopic (exact) mass is 2040 g/mol. The first-order chi connectivity index (χ1) is 70.1. The number of aromatic nitrogens is 12. The van der Waals surface area contributed by atoms with Crippen LogP contribution in [0, 0.1) is 11.8 Å². The van der Waals surface area contributed by atoms with Gasteiger partial charge in [-0.25, -0.2) is 39.5 Å². The normalized spacial score (nSPS) is 18.3. The van der Waals surface area contributed by atoms with Gasteiger partial charge in [-0.2, -0.15) is 0 Å². The second-order valence-electron chi connectivity index (χ2n) is 37.6. The number of carbonyl (C=O) groups excluding carboxylic acids is 4. The molecular weight excluding hydrogens is 1930 g/mol. The van der Waals surface area contributed by atoms with Crippen molar-refractivity contribution < 1.29 is 48.4 Å². The van der Waals surface area contributed by atoms with E-state index in [1.807, 2.05) is 97.3 Å². The van der Waals surface area contributed by atoms with Gasteiger partial charge in [-0.1, -0.05) is 113 Å². The van der Waals surface area contributed by atoms with E-state index in [1.54, 1.807) is 45.3 Å². The van der Waals surface area contributed by atoms with Crippen LogP contribution in [0.1, 0.15) is 176 Å². The molecule has 0 bridgehead atoms. The summed E-state index contributed by atoms with van der Waals surface area (Å²) in [5.41, 5.74) is 13.8. The highest BCUT2D eigenvalue weighted by molar-refractivity contribution is 7.20. The number of ether oxygens (including phenoxy) is 2. The van der Waals surface area contributed by atoms with Crippen molar-refractivity contribution in [3.8, 4) is 132 Å². The van der Waals surface area contributed by atoms with Crippen molar-refractivity contribution in [1.29, 1.82) is 0 Å². The molecular formula is C106H117B2N20O10S6. The van der Waals surface area contributed by atoms with E-state index < -0.39 is 31.4 Å². The molecule has 6 aliphatic heterocycles. The molecule has 0 aliphatic carbocycles. The topological polar surface area (TPSA) is 390 Å². The van der Waals surface area contributed by atoms with Crippen molar-refractivity contribution in [3.05, 3.63) is 242 Å². The second-order valence-corrected chi connectivity index (χ2v) is 44.1. The summed E-state index contributed by atoms with van der Waals surface area (Å²) in [6.45, 7) is 13.3. The number of hydrogen-bond donors (Lipinski definition) is 13. The van der Waals surface area contributed by atoms with Crippen molar-refractivity contribution >= 4 is 112 Å². The van der Waals surface area contributed by atoms with E-state index in [-0.39, 0.29) is 35.7 Å². The van der Waals surface area contributed by atoms with Crippen molar-refractivity contribution in [2.75, 3.05) is 67.6 Å². The standard InChI is InChI=1S/C42H50N8O6S2.C30H32N6S2.C28H28N6S2.C6H7B2O4/c1-23(2)35(47-41(53)55-5)39(51)49-19-7-9-29(49)37-43-21-27(45-37)33-17-15-31(57-33)25-11-13-26(14-12-25)32-16-18-34(58-32)28-22-44-38(46-28)30-10-8-20-50(30)40(52)36(24(3)4)48-42(54)56-6;1-35-15-3-5-23(35)29-31-17-21(33-29)27-13-11-25(37-27)19-7-9-20(10-8-19)26-12-14-28(38-26)22-18-32-30(34-22)24-6-4-16-36(24)2;1-3-19(29-13-1)27-31-15-21(33-27)25-11-9-23(35-25)17-5-7-18(8-6-17)24-10-12-26(36-24)22-16-32-28(34-22)20-4-2-14-30-20;9-7-12-6-3-1-5(2-4-6)8(10)11/h11-18,21-24,29-30,35-36H,7-10,19-20H2,1-6H3,(H,43,45)(H,44,46)(H,47,53)(H,48,54);7-14,17-18,23-24H,3-6,15-16H2,1-2H3,(H,31,33)(H,32,34);5-12,15-16,19-20,29-30H,1-4,13-14H2,(H,31,33)(H,32,34);1-4,9-11H/t29-,30-,35-,36-;23-,24-;19-,20-;/m011./s1. The number of rotatable bonds is 27. The molecule has 12 aromatic heterocycles. The Balaban J connectivity index is 0.000000133. The Morgan fingerprint density at radius 2 is 0.625 bits per heavy atom. The molecule has 0 spiro atoms. The third-order valence-electron chi connectivity index (χ3n) is 27.5. The van der Waals surface area contributed by atoms with Crippen LogP contribution in [0.2, 0.25) is 0 Å². The van der Waals surface area contributed by atoms with Crippen LogP contribution in [-0.4, -0.2) is 213 Å². The number of alkyl carbamates (subject to hydrolysis) is 2. The van der Waals surface area contributed by atoms with Gasteiger partial charge >= 0.3 is 27.0 Å². The molecule has 743 valence electrons. The Morgan fingerprint density at radius 1 is 0.361 bits per heavy atom. The molecule has 22 rings (SSSR count).